The van der Waals surface area contributed by atoms with E-state index in [0.717, 1.165) is 109 Å². The highest BCUT2D eigenvalue weighted by molar-refractivity contribution is 5.71. The van der Waals surface area contributed by atoms with Gasteiger partial charge in [0.15, 0.2) is 6.10 Å². The van der Waals surface area contributed by atoms with Gasteiger partial charge in [-0.15, -0.1) is 0 Å². The zero-order valence-electron chi connectivity index (χ0n) is 65.6. The fraction of sp³-hybridized carbons (Fsp3) is 0.767. The number of nitrogens with zero attached hydrogens (tertiary/aromatic N) is 1. The Balaban J connectivity index is 4.01. The lowest BCUT2D eigenvalue weighted by atomic mass is 10.0. The summed E-state index contributed by atoms with van der Waals surface area (Å²) in [5.41, 5.74) is 0. The lowest BCUT2D eigenvalue weighted by molar-refractivity contribution is -0.870. The Morgan fingerprint density at radius 3 is 0.859 bits per heavy atom. The van der Waals surface area contributed by atoms with Crippen LogP contribution in [0.3, 0.4) is 0 Å². The van der Waals surface area contributed by atoms with Gasteiger partial charge in [-0.25, -0.2) is 4.79 Å². The molecule has 0 amide bonds. The average molecular weight is 1380 g/mol. The summed E-state index contributed by atoms with van der Waals surface area (Å²) in [6.45, 7) is 4.78. The highest BCUT2D eigenvalue weighted by Gasteiger charge is 2.25. The van der Waals surface area contributed by atoms with E-state index in [1.165, 1.54) is 244 Å². The van der Waals surface area contributed by atoms with Crippen molar-refractivity contribution in [2.45, 2.75) is 399 Å². The van der Waals surface area contributed by atoms with Crippen LogP contribution in [0.25, 0.3) is 0 Å². The number of allylic oxidation sites excluding steroid dienone is 18. The second kappa shape index (κ2) is 79.6. The quantitative estimate of drug-likeness (QED) is 0.0211. The SMILES string of the molecule is CC/C=C\C/C=C\C/C=C\C/C=C\C/C=C\C/C=C\C/C=C\C/C=C\C/C=C\CCCCCCCC(=O)OC(COC(=O)CCCCCCCCCCCCCCCCCCCCCCCCCCCCCCCCCCCCCCCCCCC)COC(OCC[N+](C)(C)C)C(=O)O. The first-order chi connectivity index (χ1) is 48.6. The van der Waals surface area contributed by atoms with Crippen molar-refractivity contribution < 1.29 is 42.9 Å². The molecule has 1 N–H and O–H groups in total. The summed E-state index contributed by atoms with van der Waals surface area (Å²) < 4.78 is 23.0. The van der Waals surface area contributed by atoms with Gasteiger partial charge in [0, 0.05) is 12.8 Å². The topological polar surface area (TPSA) is 108 Å². The maximum Gasteiger partial charge on any atom is 0.361 e. The first-order valence-corrected chi connectivity index (χ1v) is 42.1. The van der Waals surface area contributed by atoms with Gasteiger partial charge in [0.25, 0.3) is 6.29 Å². The third-order valence-electron chi connectivity index (χ3n) is 18.5. The second-order valence-corrected chi connectivity index (χ2v) is 29.4. The van der Waals surface area contributed by atoms with E-state index in [1.54, 1.807) is 0 Å². The van der Waals surface area contributed by atoms with Crippen LogP contribution in [0.2, 0.25) is 0 Å². The number of quaternary nitrogens is 1. The van der Waals surface area contributed by atoms with Crippen LogP contribution in [0.4, 0.5) is 0 Å². The summed E-state index contributed by atoms with van der Waals surface area (Å²) in [6.07, 6.45) is 110. The summed E-state index contributed by atoms with van der Waals surface area (Å²) >= 11 is 0. The molecule has 0 saturated heterocycles. The molecule has 0 aromatic heterocycles. The van der Waals surface area contributed by atoms with Crippen molar-refractivity contribution in [3.63, 3.8) is 0 Å². The molecule has 2 unspecified atom stereocenters. The Morgan fingerprint density at radius 2 is 0.576 bits per heavy atom. The summed E-state index contributed by atoms with van der Waals surface area (Å²) in [5.74, 6) is -2.02. The van der Waals surface area contributed by atoms with Crippen LogP contribution in [0, 0.1) is 0 Å². The Labute approximate surface area is 613 Å². The lowest BCUT2D eigenvalue weighted by Gasteiger charge is -2.25. The van der Waals surface area contributed by atoms with Crippen LogP contribution in [0.15, 0.2) is 109 Å². The van der Waals surface area contributed by atoms with Crippen molar-refractivity contribution in [3.8, 4) is 0 Å². The van der Waals surface area contributed by atoms with Crippen LogP contribution < -0.4 is 0 Å². The Kier molecular flexibility index (Phi) is 76.4. The first-order valence-electron chi connectivity index (χ1n) is 42.1. The number of rotatable bonds is 78. The number of unbranched alkanes of at least 4 members (excludes halogenated alkanes) is 45. The largest absolute Gasteiger partial charge is 0.477 e. The smallest absolute Gasteiger partial charge is 0.361 e. The number of ether oxygens (including phenoxy) is 4. The number of esters is 2. The molecule has 0 aromatic rings. The van der Waals surface area contributed by atoms with Gasteiger partial charge in [-0.2, -0.15) is 0 Å². The number of carboxylic acids is 1. The molecule has 0 aliphatic heterocycles. The molecule has 572 valence electrons. The van der Waals surface area contributed by atoms with E-state index in [1.807, 2.05) is 21.1 Å². The number of aliphatic carboxylic acids is 1. The normalized spacial score (nSPS) is 13.2. The number of hydrogen-bond acceptors (Lipinski definition) is 7. The van der Waals surface area contributed by atoms with Gasteiger partial charge < -0.3 is 28.5 Å². The molecular formula is C90H160NO8+. The molecule has 9 nitrogen and oxygen atoms in total. The fourth-order valence-electron chi connectivity index (χ4n) is 12.2. The molecule has 0 aliphatic rings. The molecule has 0 saturated carbocycles. The van der Waals surface area contributed by atoms with Gasteiger partial charge in [0.2, 0.25) is 0 Å². The predicted octanol–water partition coefficient (Wildman–Crippen LogP) is 27.3. The van der Waals surface area contributed by atoms with Crippen molar-refractivity contribution in [2.24, 2.45) is 0 Å². The summed E-state index contributed by atoms with van der Waals surface area (Å²) in [6, 6.07) is 0. The monoisotopic (exact) mass is 1380 g/mol. The van der Waals surface area contributed by atoms with Crippen LogP contribution >= 0.6 is 0 Å². The third kappa shape index (κ3) is 81.1. The zero-order valence-corrected chi connectivity index (χ0v) is 65.6. The first kappa shape index (κ1) is 94.9. The van der Waals surface area contributed by atoms with Crippen LogP contribution in [-0.4, -0.2) is 87.4 Å². The Bertz CT molecular complexity index is 2000. The summed E-state index contributed by atoms with van der Waals surface area (Å²) in [7, 11) is 5.98. The molecule has 0 radical (unpaired) electrons. The average Bonchev–Trinajstić information content (AvgIpc) is 1.57. The van der Waals surface area contributed by atoms with Gasteiger partial charge in [0.1, 0.15) is 13.2 Å². The van der Waals surface area contributed by atoms with E-state index >= 15 is 0 Å². The van der Waals surface area contributed by atoms with Crippen molar-refractivity contribution >= 4 is 17.9 Å². The summed E-state index contributed by atoms with van der Waals surface area (Å²) in [4.78, 5) is 37.7. The van der Waals surface area contributed by atoms with Crippen molar-refractivity contribution in [3.05, 3.63) is 109 Å². The minimum absolute atomic E-state index is 0.180. The molecule has 0 aromatic carbocycles. The standard InChI is InChI=1S/C90H159NO8/c1-6-8-10-12-14-16-18-20-22-24-26-28-30-32-34-36-38-40-41-42-43-44-45-46-47-49-50-52-54-56-58-60-62-64-66-68-70-72-74-76-78-80-87(92)97-84-86(85-98-90(89(94)95)96-83-82-91(3,4)5)99-88(93)81-79-77-75-73-71-69-67-65-63-61-59-57-55-53-51-48-39-37-35-33-31-29-27-25-23-21-19-17-15-13-11-9-7-2/h9,11,15,17,21,23,27,29,33,35,39,48,53,55,59,61,65,67,86,90H,6-8,10,12-14,16,18-20,22,24-26,28,30-32,34,36-38,40-47,49-52,54,56-58,60,62-64,66,68-85H2,1-5H3/p+1/b11-9-,17-15-,23-21-,29-27-,35-33-,48-39-,55-53-,61-59-,67-65-. The highest BCUT2D eigenvalue weighted by Crippen LogP contribution is 2.20. The van der Waals surface area contributed by atoms with Gasteiger partial charge in [-0.05, 0) is 83.5 Å². The minimum Gasteiger partial charge on any atom is -0.477 e. The highest BCUT2D eigenvalue weighted by atomic mass is 16.7. The van der Waals surface area contributed by atoms with E-state index in [0.29, 0.717) is 23.9 Å². The maximum absolute atomic E-state index is 13.0. The van der Waals surface area contributed by atoms with Gasteiger partial charge in [-0.1, -0.05) is 399 Å². The van der Waals surface area contributed by atoms with Gasteiger partial charge in [0.05, 0.1) is 34.4 Å². The van der Waals surface area contributed by atoms with Crippen LogP contribution in [0.1, 0.15) is 386 Å². The number of carbonyl (C=O) groups excluding carboxylic acids is 2. The van der Waals surface area contributed by atoms with E-state index in [4.69, 9.17) is 18.9 Å². The number of hydrogen-bond donors (Lipinski definition) is 1. The van der Waals surface area contributed by atoms with Crippen molar-refractivity contribution in [1.29, 1.82) is 0 Å². The molecule has 0 aliphatic carbocycles. The number of carboxylic acid groups (broad SMARTS) is 1. The molecule has 0 spiro atoms. The molecule has 0 heterocycles. The van der Waals surface area contributed by atoms with Crippen LogP contribution in [0.5, 0.6) is 0 Å². The minimum atomic E-state index is -1.52. The van der Waals surface area contributed by atoms with E-state index in [2.05, 4.69) is 123 Å². The summed E-state index contributed by atoms with van der Waals surface area (Å²) in [5, 5.41) is 9.78. The van der Waals surface area contributed by atoms with E-state index in [-0.39, 0.29) is 32.2 Å². The molecule has 2 atom stereocenters. The van der Waals surface area contributed by atoms with E-state index < -0.39 is 24.3 Å². The molecule has 0 bridgehead atoms. The maximum atomic E-state index is 13.0. The molecular weight excluding hydrogens is 1220 g/mol. The van der Waals surface area contributed by atoms with Crippen molar-refractivity contribution in [2.75, 3.05) is 47.5 Å². The zero-order chi connectivity index (χ0) is 71.8. The van der Waals surface area contributed by atoms with Gasteiger partial charge in [-0.3, -0.25) is 9.59 Å². The fourth-order valence-corrected chi connectivity index (χ4v) is 12.2. The molecule has 9 heteroatoms. The number of carbonyl (C=O) groups is 3. The van der Waals surface area contributed by atoms with E-state index in [9.17, 15) is 19.5 Å². The molecule has 0 rings (SSSR count). The molecule has 99 heavy (non-hydrogen) atoms. The lowest BCUT2D eigenvalue weighted by Crippen LogP contribution is -2.40. The second-order valence-electron chi connectivity index (χ2n) is 29.4. The number of likely N-dealkylation sites (N-methyl/N-ethyl adjacent to an activating group) is 1. The van der Waals surface area contributed by atoms with Gasteiger partial charge >= 0.3 is 17.9 Å². The van der Waals surface area contributed by atoms with Crippen molar-refractivity contribution in [1.82, 2.24) is 0 Å². The Morgan fingerprint density at radius 1 is 0.313 bits per heavy atom. The predicted molar refractivity (Wildman–Crippen MR) is 428 cm³/mol. The molecule has 0 fully saturated rings. The van der Waals surface area contributed by atoms with Crippen LogP contribution in [-0.2, 0) is 33.3 Å². The third-order valence-corrected chi connectivity index (χ3v) is 18.5. The Hall–Kier alpha value is -4.05.